The lowest BCUT2D eigenvalue weighted by Gasteiger charge is -2.24. The molecule has 10 rings (SSSR count). The summed E-state index contributed by atoms with van der Waals surface area (Å²) in [5.41, 5.74) is 15.4. The third kappa shape index (κ3) is 4.84. The fourth-order valence-corrected chi connectivity index (χ4v) is 9.19. The molecule has 50 heavy (non-hydrogen) atoms. The largest absolute Gasteiger partial charge is 0.316 e. The van der Waals surface area contributed by atoms with Gasteiger partial charge in [0.1, 0.15) is 0 Å². The number of fused-ring (bicyclic) bond motifs is 6. The van der Waals surface area contributed by atoms with E-state index in [1.54, 1.807) is 0 Å². The summed E-state index contributed by atoms with van der Waals surface area (Å²) in [5, 5.41) is 5.54. The molecule has 2 heteroatoms. The number of aromatic nitrogens is 2. The number of hydrogen-bond donors (Lipinski definition) is 0. The van der Waals surface area contributed by atoms with E-state index in [2.05, 4.69) is 149 Å². The van der Waals surface area contributed by atoms with Crippen molar-refractivity contribution in [1.29, 1.82) is 0 Å². The fourth-order valence-electron chi connectivity index (χ4n) is 9.19. The monoisotopic (exact) mass is 646 g/mol. The third-order valence-corrected chi connectivity index (χ3v) is 11.5. The van der Waals surface area contributed by atoms with E-state index in [-0.39, 0.29) is 0 Å². The average molecular weight is 647 g/mol. The van der Waals surface area contributed by atoms with Gasteiger partial charge in [-0.3, -0.25) is 0 Å². The Labute approximate surface area is 294 Å². The highest BCUT2D eigenvalue weighted by Crippen LogP contribution is 2.39. The van der Waals surface area contributed by atoms with E-state index in [1.807, 2.05) is 0 Å². The van der Waals surface area contributed by atoms with Gasteiger partial charge in [-0.25, -0.2) is 0 Å². The molecule has 0 N–H and O–H groups in total. The first-order chi connectivity index (χ1) is 24.8. The minimum atomic E-state index is 0.344. The van der Waals surface area contributed by atoms with Gasteiger partial charge in [0.25, 0.3) is 0 Å². The molecule has 0 radical (unpaired) electrons. The molecule has 244 valence electrons. The second-order valence-electron chi connectivity index (χ2n) is 14.4. The van der Waals surface area contributed by atoms with Gasteiger partial charge >= 0.3 is 0 Å². The van der Waals surface area contributed by atoms with Gasteiger partial charge in [-0.05, 0) is 110 Å². The van der Waals surface area contributed by atoms with Crippen molar-refractivity contribution in [3.63, 3.8) is 0 Å². The van der Waals surface area contributed by atoms with Crippen LogP contribution in [-0.4, -0.2) is 9.13 Å². The number of nitrogens with zero attached hydrogens (tertiary/aromatic N) is 2. The van der Waals surface area contributed by atoms with Crippen LogP contribution in [0.4, 0.5) is 0 Å². The summed E-state index contributed by atoms with van der Waals surface area (Å²) in [6.07, 6.45) is 36.2. The van der Waals surface area contributed by atoms with Crippen LogP contribution in [0.25, 0.3) is 57.0 Å². The lowest BCUT2D eigenvalue weighted by Crippen LogP contribution is -2.33. The van der Waals surface area contributed by atoms with Crippen molar-refractivity contribution in [2.45, 2.75) is 63.7 Å². The topological polar surface area (TPSA) is 9.86 Å². The molecule has 3 aromatic carbocycles. The van der Waals surface area contributed by atoms with Gasteiger partial charge in [0, 0.05) is 49.9 Å². The molecule has 0 aliphatic heterocycles. The van der Waals surface area contributed by atoms with Gasteiger partial charge in [0.15, 0.2) is 0 Å². The van der Waals surface area contributed by atoms with Gasteiger partial charge in [0.05, 0.1) is 11.0 Å². The minimum absolute atomic E-state index is 0.344. The number of para-hydroxylation sites is 1. The van der Waals surface area contributed by atoms with Crippen LogP contribution in [0.15, 0.2) is 133 Å². The smallest absolute Gasteiger partial charge is 0.0538 e. The van der Waals surface area contributed by atoms with Gasteiger partial charge < -0.3 is 9.13 Å². The Morgan fingerprint density at radius 1 is 0.660 bits per heavy atom. The third-order valence-electron chi connectivity index (χ3n) is 11.5. The molecule has 0 bridgehead atoms. The Morgan fingerprint density at radius 3 is 2.42 bits per heavy atom. The zero-order chi connectivity index (χ0) is 33.0. The normalized spacial score (nSPS) is 19.8. The molecule has 2 heterocycles. The molecule has 0 saturated heterocycles. The van der Waals surface area contributed by atoms with Crippen LogP contribution < -0.4 is 10.6 Å². The van der Waals surface area contributed by atoms with Crippen LogP contribution in [0.3, 0.4) is 0 Å². The SMILES string of the molecule is C1=CCCC(C2=C(n3c4c(c5c3=CCC(c3ccc6c(c3)c3ccccc3n6C3=CC(c6ccccc6)=CCC3)C=5)C=CCC4)CCC=C2)=C1. The molecule has 1 unspecified atom stereocenters. The van der Waals surface area contributed by atoms with Gasteiger partial charge in [-0.1, -0.05) is 115 Å². The molecule has 1 atom stereocenters. The lowest BCUT2D eigenvalue weighted by atomic mass is 9.89. The summed E-state index contributed by atoms with van der Waals surface area (Å²) < 4.78 is 5.22. The summed E-state index contributed by atoms with van der Waals surface area (Å²) in [6, 6.07) is 27.1. The van der Waals surface area contributed by atoms with Gasteiger partial charge in [-0.2, -0.15) is 0 Å². The predicted molar refractivity (Wildman–Crippen MR) is 213 cm³/mol. The standard InChI is InChI=1S/C48H42N2/c1-3-14-33(15-4-1)35-18-13-19-38(30-35)49-45-24-11-8-21-40(45)42-31-36(26-28-47(42)49)37-27-29-48-43(32-37)41-22-9-12-25-46(41)50(48)44-23-10-7-20-39(44)34-16-5-2-6-17-34/h1-5,7-9,11,14-16,18,20-22,24,26,28-32,37H,6,10,12-13,17,19,23,25,27H2. The summed E-state index contributed by atoms with van der Waals surface area (Å²) in [4.78, 5) is 0. The zero-order valence-corrected chi connectivity index (χ0v) is 28.6. The summed E-state index contributed by atoms with van der Waals surface area (Å²) in [7, 11) is 0. The molecule has 5 aliphatic carbocycles. The molecule has 5 aromatic rings. The summed E-state index contributed by atoms with van der Waals surface area (Å²) in [5.74, 6) is 0.344. The molecular weight excluding hydrogens is 605 g/mol. The van der Waals surface area contributed by atoms with E-state index in [9.17, 15) is 0 Å². The van der Waals surface area contributed by atoms with Crippen molar-refractivity contribution >= 4 is 57.0 Å². The highest BCUT2D eigenvalue weighted by molar-refractivity contribution is 6.10. The summed E-state index contributed by atoms with van der Waals surface area (Å²) >= 11 is 0. The van der Waals surface area contributed by atoms with E-state index < -0.39 is 0 Å². The maximum Gasteiger partial charge on any atom is 0.0538 e. The van der Waals surface area contributed by atoms with E-state index in [0.29, 0.717) is 5.92 Å². The first-order valence-corrected chi connectivity index (χ1v) is 18.7. The van der Waals surface area contributed by atoms with Crippen LogP contribution in [0.5, 0.6) is 0 Å². The van der Waals surface area contributed by atoms with Crippen molar-refractivity contribution in [2.24, 2.45) is 0 Å². The Balaban J connectivity index is 1.09. The Kier molecular flexibility index (Phi) is 7.22. The predicted octanol–water partition coefficient (Wildman–Crippen LogP) is 10.9. The van der Waals surface area contributed by atoms with Gasteiger partial charge in [-0.15, -0.1) is 0 Å². The van der Waals surface area contributed by atoms with E-state index in [0.717, 1.165) is 57.8 Å². The molecule has 2 aromatic heterocycles. The lowest BCUT2D eigenvalue weighted by molar-refractivity contribution is 0.819. The molecule has 0 spiro atoms. The number of benzene rings is 3. The van der Waals surface area contributed by atoms with Crippen molar-refractivity contribution in [3.05, 3.63) is 166 Å². The number of rotatable bonds is 5. The number of hydrogen-bond acceptors (Lipinski definition) is 0. The Bertz CT molecular complexity index is 2550. The maximum atomic E-state index is 2.69. The molecule has 0 saturated carbocycles. The Hall–Kier alpha value is -5.34. The molecule has 2 nitrogen and oxygen atoms in total. The molecular formula is C48H42N2. The van der Waals surface area contributed by atoms with E-state index >= 15 is 0 Å². The fraction of sp³-hybridized carbons (Fsp3) is 0.208. The van der Waals surface area contributed by atoms with Crippen molar-refractivity contribution in [1.82, 2.24) is 9.13 Å². The average Bonchev–Trinajstić information content (AvgIpc) is 3.71. The molecule has 5 aliphatic rings. The zero-order valence-electron chi connectivity index (χ0n) is 28.6. The highest BCUT2D eigenvalue weighted by atomic mass is 15.0. The van der Waals surface area contributed by atoms with Crippen LogP contribution in [-0.2, 0) is 6.42 Å². The minimum Gasteiger partial charge on any atom is -0.316 e. The van der Waals surface area contributed by atoms with Crippen LogP contribution in [0, 0.1) is 0 Å². The van der Waals surface area contributed by atoms with E-state index in [4.69, 9.17) is 0 Å². The highest BCUT2D eigenvalue weighted by Gasteiger charge is 2.25. The van der Waals surface area contributed by atoms with E-state index in [1.165, 1.54) is 82.9 Å². The second kappa shape index (κ2) is 12.2. The summed E-state index contributed by atoms with van der Waals surface area (Å²) in [6.45, 7) is 0. The van der Waals surface area contributed by atoms with Crippen molar-refractivity contribution in [2.75, 3.05) is 0 Å². The van der Waals surface area contributed by atoms with Crippen molar-refractivity contribution < 1.29 is 0 Å². The van der Waals surface area contributed by atoms with Crippen LogP contribution in [0.1, 0.15) is 79.7 Å². The van der Waals surface area contributed by atoms with Crippen LogP contribution in [0.2, 0.25) is 0 Å². The Morgan fingerprint density at radius 2 is 1.50 bits per heavy atom. The first kappa shape index (κ1) is 29.6. The maximum absolute atomic E-state index is 2.69. The quantitative estimate of drug-likeness (QED) is 0.180. The first-order valence-electron chi connectivity index (χ1n) is 18.7. The second-order valence-corrected chi connectivity index (χ2v) is 14.4. The number of allylic oxidation sites excluding steroid dienone is 13. The van der Waals surface area contributed by atoms with Crippen LogP contribution >= 0.6 is 0 Å². The van der Waals surface area contributed by atoms with Gasteiger partial charge in [0.2, 0.25) is 0 Å². The molecule has 0 fully saturated rings. The van der Waals surface area contributed by atoms with Crippen molar-refractivity contribution in [3.8, 4) is 0 Å². The molecule has 0 amide bonds.